The second kappa shape index (κ2) is 10.3. The number of piperidine rings is 1. The molecule has 1 aromatic rings. The Kier molecular flexibility index (Phi) is 7.43. The molecule has 2 heterocycles. The van der Waals surface area contributed by atoms with E-state index in [1.807, 2.05) is 12.1 Å². The van der Waals surface area contributed by atoms with E-state index >= 15 is 0 Å². The van der Waals surface area contributed by atoms with Crippen molar-refractivity contribution in [2.24, 2.45) is 11.3 Å². The van der Waals surface area contributed by atoms with Crippen LogP contribution in [0, 0.1) is 11.3 Å². The van der Waals surface area contributed by atoms with Gasteiger partial charge in [-0.3, -0.25) is 9.69 Å². The number of carbonyl (C=O) groups is 1. The number of rotatable bonds is 8. The van der Waals surface area contributed by atoms with Crippen molar-refractivity contribution < 1.29 is 23.0 Å². The first kappa shape index (κ1) is 22.5. The lowest BCUT2D eigenvalue weighted by molar-refractivity contribution is -0.125. The molecule has 3 aliphatic rings. The maximum atomic E-state index is 12.3. The molecule has 5 nitrogen and oxygen atoms in total. The minimum atomic E-state index is -2.45. The molecular weight excluding hydrogens is 402 g/mol. The van der Waals surface area contributed by atoms with Crippen molar-refractivity contribution in [3.05, 3.63) is 29.8 Å². The molecule has 7 heteroatoms. The van der Waals surface area contributed by atoms with Gasteiger partial charge in [0.15, 0.2) is 0 Å². The second-order valence-corrected chi connectivity index (χ2v) is 9.55. The number of likely N-dealkylation sites (tertiary alicyclic amines) is 1. The molecule has 4 rings (SSSR count). The third-order valence-electron chi connectivity index (χ3n) is 7.16. The highest BCUT2D eigenvalue weighted by Crippen LogP contribution is 2.49. The lowest BCUT2D eigenvalue weighted by Crippen LogP contribution is -2.54. The van der Waals surface area contributed by atoms with Crippen LogP contribution in [-0.2, 0) is 16.1 Å². The Hall–Kier alpha value is -1.73. The molecule has 3 fully saturated rings. The fraction of sp³-hybridized carbons (Fsp3) is 0.708. The standard InChI is InChI=1S/C24H34F2N2O3/c25-22(26)17-31-21-3-1-19(2-4-21)16-28-9-7-24(8-10-28)14-20(15-24)27-23(29)13-18-5-11-30-12-6-18/h1-4,18,20,22H,5-17H2,(H,27,29). The van der Waals surface area contributed by atoms with Crippen LogP contribution in [-0.4, -0.2) is 56.2 Å². The number of hydrogen-bond acceptors (Lipinski definition) is 4. The molecule has 0 atom stereocenters. The average Bonchev–Trinajstić information content (AvgIpc) is 2.74. The van der Waals surface area contributed by atoms with E-state index < -0.39 is 13.0 Å². The number of hydrogen-bond donors (Lipinski definition) is 1. The molecule has 0 aromatic heterocycles. The largest absolute Gasteiger partial charge is 0.488 e. The third kappa shape index (κ3) is 6.39. The Morgan fingerprint density at radius 2 is 1.84 bits per heavy atom. The molecule has 2 aliphatic heterocycles. The van der Waals surface area contributed by atoms with E-state index in [4.69, 9.17) is 9.47 Å². The highest BCUT2D eigenvalue weighted by molar-refractivity contribution is 5.76. The van der Waals surface area contributed by atoms with Crippen molar-refractivity contribution in [2.75, 3.05) is 32.9 Å². The van der Waals surface area contributed by atoms with E-state index in [1.165, 1.54) is 18.4 Å². The number of amides is 1. The van der Waals surface area contributed by atoms with Gasteiger partial charge in [0.25, 0.3) is 6.43 Å². The number of nitrogens with one attached hydrogen (secondary N) is 1. The van der Waals surface area contributed by atoms with E-state index in [-0.39, 0.29) is 5.91 Å². The Bertz CT molecular complexity index is 706. The fourth-order valence-corrected chi connectivity index (χ4v) is 5.29. The maximum absolute atomic E-state index is 12.3. The van der Waals surface area contributed by atoms with Crippen LogP contribution in [0.2, 0.25) is 0 Å². The normalized spacial score (nSPS) is 22.4. The zero-order chi connectivity index (χ0) is 21.7. The average molecular weight is 437 g/mol. The predicted octanol–water partition coefficient (Wildman–Crippen LogP) is 4.01. The van der Waals surface area contributed by atoms with Gasteiger partial charge in [-0.2, -0.15) is 0 Å². The lowest BCUT2D eigenvalue weighted by Gasteiger charge is -2.52. The van der Waals surface area contributed by atoms with Gasteiger partial charge >= 0.3 is 0 Å². The molecule has 172 valence electrons. The first-order valence-electron chi connectivity index (χ1n) is 11.6. The number of ether oxygens (including phenoxy) is 2. The van der Waals surface area contributed by atoms with E-state index in [0.717, 1.165) is 58.5 Å². The van der Waals surface area contributed by atoms with Crippen LogP contribution >= 0.6 is 0 Å². The fourth-order valence-electron chi connectivity index (χ4n) is 5.29. The van der Waals surface area contributed by atoms with Crippen LogP contribution in [0.5, 0.6) is 5.75 Å². The molecule has 0 radical (unpaired) electrons. The highest BCUT2D eigenvalue weighted by atomic mass is 19.3. The molecule has 31 heavy (non-hydrogen) atoms. The van der Waals surface area contributed by atoms with Crippen LogP contribution in [0.1, 0.15) is 50.5 Å². The van der Waals surface area contributed by atoms with Gasteiger partial charge in [-0.1, -0.05) is 12.1 Å². The van der Waals surface area contributed by atoms with Crippen molar-refractivity contribution in [3.63, 3.8) is 0 Å². The predicted molar refractivity (Wildman–Crippen MR) is 114 cm³/mol. The molecule has 1 aromatic carbocycles. The number of nitrogens with zero attached hydrogens (tertiary/aromatic N) is 1. The molecule has 1 amide bonds. The van der Waals surface area contributed by atoms with Crippen molar-refractivity contribution in [3.8, 4) is 5.75 Å². The summed E-state index contributed by atoms with van der Waals surface area (Å²) in [7, 11) is 0. The van der Waals surface area contributed by atoms with E-state index in [9.17, 15) is 13.6 Å². The van der Waals surface area contributed by atoms with E-state index in [1.54, 1.807) is 12.1 Å². The summed E-state index contributed by atoms with van der Waals surface area (Å²) < 4.78 is 34.9. The summed E-state index contributed by atoms with van der Waals surface area (Å²) in [5.41, 5.74) is 1.58. The Labute approximate surface area is 183 Å². The minimum Gasteiger partial charge on any atom is -0.488 e. The van der Waals surface area contributed by atoms with Crippen molar-refractivity contribution in [1.82, 2.24) is 10.2 Å². The zero-order valence-electron chi connectivity index (χ0n) is 18.2. The van der Waals surface area contributed by atoms with Crippen LogP contribution < -0.4 is 10.1 Å². The molecule has 1 spiro atoms. The van der Waals surface area contributed by atoms with Crippen molar-refractivity contribution in [1.29, 1.82) is 0 Å². The first-order valence-corrected chi connectivity index (χ1v) is 11.6. The van der Waals surface area contributed by atoms with Gasteiger partial charge < -0.3 is 14.8 Å². The van der Waals surface area contributed by atoms with E-state index in [2.05, 4.69) is 10.2 Å². The highest BCUT2D eigenvalue weighted by Gasteiger charge is 2.46. The van der Waals surface area contributed by atoms with Crippen molar-refractivity contribution >= 4 is 5.91 Å². The summed E-state index contributed by atoms with van der Waals surface area (Å²) in [6, 6.07) is 7.79. The molecule has 0 unspecified atom stereocenters. The van der Waals surface area contributed by atoms with Crippen molar-refractivity contribution in [2.45, 2.75) is 64.0 Å². The zero-order valence-corrected chi connectivity index (χ0v) is 18.2. The molecule has 0 bridgehead atoms. The quantitative estimate of drug-likeness (QED) is 0.669. The monoisotopic (exact) mass is 436 g/mol. The SMILES string of the molecule is O=C(CC1CCOCC1)NC1CC2(CCN(Cc3ccc(OCC(F)F)cc3)CC2)C1. The van der Waals surface area contributed by atoms with Gasteiger partial charge in [0, 0.05) is 32.2 Å². The molecule has 1 aliphatic carbocycles. The Morgan fingerprint density at radius 3 is 2.48 bits per heavy atom. The Morgan fingerprint density at radius 1 is 1.16 bits per heavy atom. The van der Waals surface area contributed by atoms with Crippen LogP contribution in [0.15, 0.2) is 24.3 Å². The van der Waals surface area contributed by atoms with Crippen LogP contribution in [0.4, 0.5) is 8.78 Å². The maximum Gasteiger partial charge on any atom is 0.272 e. The van der Waals surface area contributed by atoms with Gasteiger partial charge in [0.05, 0.1) is 0 Å². The second-order valence-electron chi connectivity index (χ2n) is 9.55. The number of carbonyl (C=O) groups excluding carboxylic acids is 1. The van der Waals surface area contributed by atoms with Gasteiger partial charge in [-0.15, -0.1) is 0 Å². The summed E-state index contributed by atoms with van der Waals surface area (Å²) in [5, 5.41) is 3.26. The smallest absolute Gasteiger partial charge is 0.272 e. The number of benzene rings is 1. The van der Waals surface area contributed by atoms with Gasteiger partial charge in [0.1, 0.15) is 12.4 Å². The molecular formula is C24H34F2N2O3. The third-order valence-corrected chi connectivity index (χ3v) is 7.16. The summed E-state index contributed by atoms with van der Waals surface area (Å²) in [5.74, 6) is 1.18. The van der Waals surface area contributed by atoms with Crippen LogP contribution in [0.25, 0.3) is 0 Å². The van der Waals surface area contributed by atoms with Gasteiger partial charge in [-0.05, 0) is 80.6 Å². The van der Waals surface area contributed by atoms with E-state index in [0.29, 0.717) is 29.5 Å². The molecule has 1 N–H and O–H groups in total. The summed E-state index contributed by atoms with van der Waals surface area (Å²) in [6.07, 6.45) is 4.77. The Balaban J connectivity index is 1.14. The first-order chi connectivity index (χ1) is 15.0. The van der Waals surface area contributed by atoms with Crippen LogP contribution in [0.3, 0.4) is 0 Å². The summed E-state index contributed by atoms with van der Waals surface area (Å²) >= 11 is 0. The van der Waals surface area contributed by atoms with Gasteiger partial charge in [-0.25, -0.2) is 8.78 Å². The molecule has 2 saturated heterocycles. The van der Waals surface area contributed by atoms with Gasteiger partial charge in [0.2, 0.25) is 5.91 Å². The number of halogens is 2. The molecule has 1 saturated carbocycles. The number of alkyl halides is 2. The topological polar surface area (TPSA) is 50.8 Å². The minimum absolute atomic E-state index is 0.213. The summed E-state index contributed by atoms with van der Waals surface area (Å²) in [4.78, 5) is 14.8. The lowest BCUT2D eigenvalue weighted by atomic mass is 9.60. The summed E-state index contributed by atoms with van der Waals surface area (Å²) in [6.45, 7) is 4.01.